The molecule has 26 heavy (non-hydrogen) atoms. The van der Waals surface area contributed by atoms with Gasteiger partial charge < -0.3 is 4.74 Å². The molecule has 0 aliphatic carbocycles. The monoisotopic (exact) mass is 395 g/mol. The molecule has 6 nitrogen and oxygen atoms in total. The van der Waals surface area contributed by atoms with Gasteiger partial charge in [-0.1, -0.05) is 23.7 Å². The van der Waals surface area contributed by atoms with Gasteiger partial charge in [0.15, 0.2) is 0 Å². The topological polar surface area (TPSA) is 64.4 Å². The lowest BCUT2D eigenvalue weighted by Crippen LogP contribution is -2.30. The summed E-state index contributed by atoms with van der Waals surface area (Å²) in [7, 11) is -3.59. The minimum Gasteiger partial charge on any atom is -0.381 e. The molecule has 1 aromatic heterocycles. The zero-order valence-electron chi connectivity index (χ0n) is 14.4. The quantitative estimate of drug-likeness (QED) is 0.795. The predicted octanol–water partition coefficient (Wildman–Crippen LogP) is 3.41. The van der Waals surface area contributed by atoms with Crippen LogP contribution in [-0.2, 0) is 14.8 Å². The molecular formula is C18H22ClN3O3S. The molecule has 0 bridgehead atoms. The maximum absolute atomic E-state index is 13.2. The Morgan fingerprint density at radius 1 is 1.19 bits per heavy atom. The van der Waals surface area contributed by atoms with E-state index in [1.165, 1.54) is 6.20 Å². The summed E-state index contributed by atoms with van der Waals surface area (Å²) in [5.74, 6) is 0. The molecule has 2 aromatic rings. The minimum absolute atomic E-state index is 0.176. The van der Waals surface area contributed by atoms with Gasteiger partial charge in [-0.25, -0.2) is 8.42 Å². The fourth-order valence-electron chi connectivity index (χ4n) is 3.81. The summed E-state index contributed by atoms with van der Waals surface area (Å²) in [5, 5.41) is 4.95. The summed E-state index contributed by atoms with van der Waals surface area (Å²) in [6, 6.07) is 7.49. The molecule has 2 aliphatic rings. The van der Waals surface area contributed by atoms with E-state index in [-0.39, 0.29) is 17.0 Å². The molecule has 2 saturated heterocycles. The second kappa shape index (κ2) is 7.31. The Labute approximate surface area is 158 Å². The van der Waals surface area contributed by atoms with Gasteiger partial charge in [0.25, 0.3) is 0 Å². The van der Waals surface area contributed by atoms with Gasteiger partial charge in [0.05, 0.1) is 18.3 Å². The van der Waals surface area contributed by atoms with Crippen LogP contribution in [0.15, 0.2) is 41.6 Å². The molecule has 0 saturated carbocycles. The van der Waals surface area contributed by atoms with Crippen molar-refractivity contribution in [3.05, 3.63) is 47.2 Å². The van der Waals surface area contributed by atoms with Crippen LogP contribution in [0.2, 0.25) is 5.02 Å². The standard InChI is InChI=1S/C18H22ClN3O3S/c19-15-4-1-3-14(11-15)18-5-2-8-22(18)26(23,24)17-12-20-21(13-17)16-6-9-25-10-7-16/h1,3-4,11-13,16,18H,2,5-10H2/t18-/m0/s1. The van der Waals surface area contributed by atoms with Crippen molar-refractivity contribution in [2.75, 3.05) is 19.8 Å². The third kappa shape index (κ3) is 3.41. The Balaban J connectivity index is 1.60. The van der Waals surface area contributed by atoms with Crippen LogP contribution in [0, 0.1) is 0 Å². The summed E-state index contributed by atoms with van der Waals surface area (Å²) in [6.45, 7) is 1.90. The third-order valence-corrected chi connectivity index (χ3v) is 7.28. The van der Waals surface area contributed by atoms with E-state index in [0.29, 0.717) is 24.8 Å². The summed E-state index contributed by atoms with van der Waals surface area (Å²) in [6.07, 6.45) is 6.49. The molecule has 2 fully saturated rings. The summed E-state index contributed by atoms with van der Waals surface area (Å²) in [5.41, 5.74) is 0.940. The van der Waals surface area contributed by atoms with E-state index in [1.54, 1.807) is 21.3 Å². The molecule has 8 heteroatoms. The first-order valence-corrected chi connectivity index (χ1v) is 10.8. The van der Waals surface area contributed by atoms with Gasteiger partial charge >= 0.3 is 0 Å². The van der Waals surface area contributed by atoms with Crippen LogP contribution in [0.3, 0.4) is 0 Å². The van der Waals surface area contributed by atoms with Crippen LogP contribution in [0.5, 0.6) is 0 Å². The van der Waals surface area contributed by atoms with Crippen molar-refractivity contribution < 1.29 is 13.2 Å². The number of sulfonamides is 1. The zero-order valence-corrected chi connectivity index (χ0v) is 16.0. The molecule has 0 spiro atoms. The summed E-state index contributed by atoms with van der Waals surface area (Å²) in [4.78, 5) is 0.262. The minimum atomic E-state index is -3.59. The lowest BCUT2D eigenvalue weighted by Gasteiger charge is -2.24. The Morgan fingerprint density at radius 2 is 2.00 bits per heavy atom. The number of hydrogen-bond acceptors (Lipinski definition) is 4. The number of benzene rings is 1. The van der Waals surface area contributed by atoms with Crippen LogP contribution >= 0.6 is 11.6 Å². The van der Waals surface area contributed by atoms with Gasteiger partial charge in [0.1, 0.15) is 4.90 Å². The largest absolute Gasteiger partial charge is 0.381 e. The maximum atomic E-state index is 13.2. The van der Waals surface area contributed by atoms with Gasteiger partial charge in [0, 0.05) is 31.0 Å². The lowest BCUT2D eigenvalue weighted by molar-refractivity contribution is 0.0662. The van der Waals surface area contributed by atoms with E-state index in [2.05, 4.69) is 5.10 Å². The molecule has 0 N–H and O–H groups in total. The number of nitrogens with zero attached hydrogens (tertiary/aromatic N) is 3. The van der Waals surface area contributed by atoms with E-state index in [1.807, 2.05) is 18.2 Å². The van der Waals surface area contributed by atoms with Crippen LogP contribution in [-0.4, -0.2) is 42.3 Å². The number of halogens is 1. The van der Waals surface area contributed by atoms with Gasteiger partial charge in [-0.15, -0.1) is 0 Å². The highest BCUT2D eigenvalue weighted by Gasteiger charge is 2.37. The van der Waals surface area contributed by atoms with Crippen molar-refractivity contribution in [1.29, 1.82) is 0 Å². The summed E-state index contributed by atoms with van der Waals surface area (Å²) >= 11 is 6.10. The molecule has 4 rings (SSSR count). The molecule has 1 atom stereocenters. The SMILES string of the molecule is O=S(=O)(c1cnn(C2CCOCC2)c1)N1CCC[C@H]1c1cccc(Cl)c1. The zero-order chi connectivity index (χ0) is 18.1. The molecule has 0 radical (unpaired) electrons. The second-order valence-electron chi connectivity index (χ2n) is 6.83. The van der Waals surface area contributed by atoms with Crippen molar-refractivity contribution >= 4 is 21.6 Å². The van der Waals surface area contributed by atoms with Crippen LogP contribution in [0.4, 0.5) is 0 Å². The predicted molar refractivity (Wildman–Crippen MR) is 98.6 cm³/mol. The molecule has 140 valence electrons. The number of hydrogen-bond donors (Lipinski definition) is 0. The average Bonchev–Trinajstić information content (AvgIpc) is 3.33. The molecule has 0 amide bonds. The van der Waals surface area contributed by atoms with E-state index < -0.39 is 10.0 Å². The van der Waals surface area contributed by atoms with E-state index in [9.17, 15) is 8.42 Å². The highest BCUT2D eigenvalue weighted by Crippen LogP contribution is 2.37. The van der Waals surface area contributed by atoms with E-state index in [4.69, 9.17) is 16.3 Å². The van der Waals surface area contributed by atoms with E-state index >= 15 is 0 Å². The van der Waals surface area contributed by atoms with Crippen LogP contribution in [0.25, 0.3) is 0 Å². The third-order valence-electron chi connectivity index (χ3n) is 5.19. The smallest absolute Gasteiger partial charge is 0.246 e. The molecule has 2 aliphatic heterocycles. The molecular weight excluding hydrogens is 374 g/mol. The van der Waals surface area contributed by atoms with E-state index in [0.717, 1.165) is 31.2 Å². The number of aromatic nitrogens is 2. The van der Waals surface area contributed by atoms with Gasteiger partial charge in [0.2, 0.25) is 10.0 Å². The van der Waals surface area contributed by atoms with Crippen molar-refractivity contribution in [2.45, 2.75) is 42.7 Å². The fraction of sp³-hybridized carbons (Fsp3) is 0.500. The average molecular weight is 396 g/mol. The highest BCUT2D eigenvalue weighted by molar-refractivity contribution is 7.89. The van der Waals surface area contributed by atoms with Gasteiger partial charge in [-0.05, 0) is 43.4 Å². The fourth-order valence-corrected chi connectivity index (χ4v) is 5.64. The second-order valence-corrected chi connectivity index (χ2v) is 9.16. The van der Waals surface area contributed by atoms with Crippen LogP contribution in [0.1, 0.15) is 43.3 Å². The highest BCUT2D eigenvalue weighted by atomic mass is 35.5. The van der Waals surface area contributed by atoms with Crippen molar-refractivity contribution in [3.63, 3.8) is 0 Å². The normalized spacial score (nSPS) is 22.7. The number of ether oxygens (including phenoxy) is 1. The first-order valence-electron chi connectivity index (χ1n) is 8.95. The Hall–Kier alpha value is -1.41. The summed E-state index contributed by atoms with van der Waals surface area (Å²) < 4.78 is 35.2. The molecule has 1 aromatic carbocycles. The first kappa shape index (κ1) is 18.0. The lowest BCUT2D eigenvalue weighted by atomic mass is 10.1. The molecule has 3 heterocycles. The van der Waals surface area contributed by atoms with Gasteiger partial charge in [-0.3, -0.25) is 4.68 Å². The Morgan fingerprint density at radius 3 is 2.77 bits per heavy atom. The number of rotatable bonds is 4. The molecule has 0 unspecified atom stereocenters. The maximum Gasteiger partial charge on any atom is 0.246 e. The van der Waals surface area contributed by atoms with Crippen molar-refractivity contribution in [1.82, 2.24) is 14.1 Å². The van der Waals surface area contributed by atoms with Crippen molar-refractivity contribution in [3.8, 4) is 0 Å². The van der Waals surface area contributed by atoms with Crippen molar-refractivity contribution in [2.24, 2.45) is 0 Å². The first-order chi connectivity index (χ1) is 12.6. The van der Waals surface area contributed by atoms with Gasteiger partial charge in [-0.2, -0.15) is 9.40 Å². The van der Waals surface area contributed by atoms with Crippen LogP contribution < -0.4 is 0 Å². The Bertz CT molecular complexity index is 877. The Kier molecular flexibility index (Phi) is 5.05.